The van der Waals surface area contributed by atoms with Crippen molar-refractivity contribution in [1.82, 2.24) is 4.57 Å². The van der Waals surface area contributed by atoms with E-state index in [0.29, 0.717) is 0 Å². The van der Waals surface area contributed by atoms with E-state index in [-0.39, 0.29) is 0 Å². The Hall–Kier alpha value is -8.20. The summed E-state index contributed by atoms with van der Waals surface area (Å²) < 4.78 is 2.49. The van der Waals surface area contributed by atoms with E-state index in [4.69, 9.17) is 0 Å². The van der Waals surface area contributed by atoms with E-state index in [1.54, 1.807) is 0 Å². The van der Waals surface area contributed by atoms with Crippen LogP contribution in [-0.4, -0.2) is 4.57 Å². The van der Waals surface area contributed by atoms with Crippen LogP contribution in [0.5, 0.6) is 0 Å². The van der Waals surface area contributed by atoms with E-state index in [1.165, 1.54) is 88.6 Å². The topological polar surface area (TPSA) is 8.17 Å². The maximum Gasteiger partial charge on any atom is 0.0622 e. The molecule has 304 valence electrons. The van der Waals surface area contributed by atoms with Crippen molar-refractivity contribution < 1.29 is 0 Å². The Morgan fingerprint density at radius 2 is 0.781 bits per heavy atom. The van der Waals surface area contributed by atoms with E-state index in [1.807, 2.05) is 0 Å². The molecule has 0 aliphatic carbocycles. The van der Waals surface area contributed by atoms with Crippen molar-refractivity contribution >= 4 is 38.9 Å². The van der Waals surface area contributed by atoms with Crippen molar-refractivity contribution in [3.8, 4) is 61.3 Å². The summed E-state index contributed by atoms with van der Waals surface area (Å²) in [6.07, 6.45) is 0. The molecule has 2 heteroatoms. The van der Waals surface area contributed by atoms with Gasteiger partial charge in [-0.3, -0.25) is 0 Å². The van der Waals surface area contributed by atoms with Gasteiger partial charge in [-0.15, -0.1) is 0 Å². The zero-order valence-electron chi connectivity index (χ0n) is 36.0. The van der Waals surface area contributed by atoms with Crippen LogP contribution < -0.4 is 4.90 Å². The predicted molar refractivity (Wildman–Crippen MR) is 272 cm³/mol. The third kappa shape index (κ3) is 7.06. The molecule has 10 aromatic carbocycles. The average molecular weight is 819 g/mol. The van der Waals surface area contributed by atoms with Crippen LogP contribution in [0.2, 0.25) is 0 Å². The largest absolute Gasteiger partial charge is 0.311 e. The van der Waals surface area contributed by atoms with Crippen molar-refractivity contribution in [2.24, 2.45) is 0 Å². The van der Waals surface area contributed by atoms with Crippen molar-refractivity contribution in [2.75, 3.05) is 4.90 Å². The van der Waals surface area contributed by atoms with E-state index < -0.39 is 0 Å². The lowest BCUT2D eigenvalue weighted by Crippen LogP contribution is -2.09. The van der Waals surface area contributed by atoms with E-state index in [9.17, 15) is 0 Å². The maximum atomic E-state index is 2.49. The quantitative estimate of drug-likeness (QED) is 0.141. The van der Waals surface area contributed by atoms with Gasteiger partial charge in [0.25, 0.3) is 0 Å². The number of hydrogen-bond acceptors (Lipinski definition) is 1. The molecule has 1 heterocycles. The minimum Gasteiger partial charge on any atom is -0.311 e. The molecule has 0 fully saturated rings. The summed E-state index contributed by atoms with van der Waals surface area (Å²) in [4.78, 5) is 2.36. The van der Waals surface area contributed by atoms with Crippen LogP contribution in [0.25, 0.3) is 83.1 Å². The molecule has 64 heavy (non-hydrogen) atoms. The Kier molecular flexibility index (Phi) is 10.0. The second kappa shape index (κ2) is 16.6. The summed E-state index contributed by atoms with van der Waals surface area (Å²) in [7, 11) is 0. The first kappa shape index (κ1) is 38.7. The maximum absolute atomic E-state index is 2.49. The highest BCUT2D eigenvalue weighted by Crippen LogP contribution is 2.46. The molecule has 0 spiro atoms. The Labute approximate surface area is 375 Å². The third-order valence-electron chi connectivity index (χ3n) is 12.7. The smallest absolute Gasteiger partial charge is 0.0622 e. The highest BCUT2D eigenvalue weighted by Gasteiger charge is 2.23. The van der Waals surface area contributed by atoms with Crippen LogP contribution in [0.1, 0.15) is 11.1 Å². The molecular formula is C62H46N2. The van der Waals surface area contributed by atoms with Crippen molar-refractivity contribution in [2.45, 2.75) is 13.8 Å². The number of benzene rings is 10. The second-order valence-electron chi connectivity index (χ2n) is 16.6. The highest BCUT2D eigenvalue weighted by molar-refractivity contribution is 6.16. The zero-order chi connectivity index (χ0) is 43.0. The van der Waals surface area contributed by atoms with Gasteiger partial charge in [0.2, 0.25) is 0 Å². The molecule has 11 rings (SSSR count). The lowest BCUT2D eigenvalue weighted by molar-refractivity contribution is 1.18. The zero-order valence-corrected chi connectivity index (χ0v) is 36.0. The van der Waals surface area contributed by atoms with Crippen LogP contribution >= 0.6 is 0 Å². The molecule has 0 radical (unpaired) electrons. The van der Waals surface area contributed by atoms with Crippen molar-refractivity contribution in [1.29, 1.82) is 0 Å². The number of fused-ring (bicyclic) bond motifs is 3. The van der Waals surface area contributed by atoms with Gasteiger partial charge in [0, 0.05) is 39.1 Å². The molecule has 0 amide bonds. The summed E-state index contributed by atoms with van der Waals surface area (Å²) in [5.74, 6) is 0. The summed E-state index contributed by atoms with van der Waals surface area (Å²) in [5, 5.41) is 2.47. The predicted octanol–water partition coefficient (Wildman–Crippen LogP) is 17.2. The molecule has 0 aliphatic rings. The molecule has 0 unspecified atom stereocenters. The van der Waals surface area contributed by atoms with Crippen LogP contribution in [-0.2, 0) is 0 Å². The fourth-order valence-corrected chi connectivity index (χ4v) is 9.53. The van der Waals surface area contributed by atoms with Gasteiger partial charge in [-0.25, -0.2) is 0 Å². The minimum absolute atomic E-state index is 1.09. The number of hydrogen-bond donors (Lipinski definition) is 0. The third-order valence-corrected chi connectivity index (χ3v) is 12.7. The van der Waals surface area contributed by atoms with E-state index in [2.05, 4.69) is 266 Å². The SMILES string of the molecule is Cc1ccccc1-c1c(C)c(-c2ccc(N(c3ccc(-c4ccccc4)cc3)c3ccc(-c4ccccc4)cc3)cc2)cc2c3ccccc3n(-c3cccc(-c4ccccc4)c3)c12. The molecule has 0 N–H and O–H groups in total. The van der Waals surface area contributed by atoms with E-state index >= 15 is 0 Å². The minimum atomic E-state index is 1.09. The molecule has 2 nitrogen and oxygen atoms in total. The van der Waals surface area contributed by atoms with Crippen molar-refractivity contribution in [3.05, 3.63) is 254 Å². The second-order valence-corrected chi connectivity index (χ2v) is 16.6. The molecule has 0 atom stereocenters. The fraction of sp³-hybridized carbons (Fsp3) is 0.0323. The summed E-state index contributed by atoms with van der Waals surface area (Å²) >= 11 is 0. The fourth-order valence-electron chi connectivity index (χ4n) is 9.53. The van der Waals surface area contributed by atoms with Gasteiger partial charge in [-0.05, 0) is 136 Å². The molecule has 0 saturated carbocycles. The lowest BCUT2D eigenvalue weighted by atomic mass is 9.88. The Morgan fingerprint density at radius 3 is 1.34 bits per heavy atom. The van der Waals surface area contributed by atoms with Gasteiger partial charge in [-0.2, -0.15) is 0 Å². The first-order chi connectivity index (χ1) is 31.6. The molecule has 0 bridgehead atoms. The average Bonchev–Trinajstić information content (AvgIpc) is 3.69. The Bertz CT molecular complexity index is 3320. The standard InChI is InChI=1S/C62H46N2/c1-43-17-12-13-26-56(43)61-44(2)58(42-59-57-27-14-15-28-60(57)64(62(59)61)55-25-16-24-51(41-55)47-22-10-5-11-23-47)50-33-39-54(40-34-50)63(52-35-29-48(30-36-52)45-18-6-3-7-19-45)53-37-31-49(32-38-53)46-20-8-4-9-21-46/h3-42H,1-2H3. The van der Waals surface area contributed by atoms with Crippen LogP contribution in [0.4, 0.5) is 17.1 Å². The highest BCUT2D eigenvalue weighted by atomic mass is 15.1. The van der Waals surface area contributed by atoms with Crippen LogP contribution in [0.15, 0.2) is 243 Å². The van der Waals surface area contributed by atoms with Gasteiger partial charge in [-0.1, -0.05) is 182 Å². The van der Waals surface area contributed by atoms with Crippen LogP contribution in [0, 0.1) is 13.8 Å². The van der Waals surface area contributed by atoms with Gasteiger partial charge in [0.1, 0.15) is 0 Å². The summed E-state index contributed by atoms with van der Waals surface area (Å²) in [6.45, 7) is 4.54. The molecule has 0 saturated heterocycles. The number of rotatable bonds is 9. The molecule has 1 aromatic heterocycles. The number of aromatic nitrogens is 1. The normalized spacial score (nSPS) is 11.3. The van der Waals surface area contributed by atoms with Crippen molar-refractivity contribution in [3.63, 3.8) is 0 Å². The first-order valence-electron chi connectivity index (χ1n) is 22.1. The van der Waals surface area contributed by atoms with Gasteiger partial charge in [0.15, 0.2) is 0 Å². The summed E-state index contributed by atoms with van der Waals surface area (Å²) in [5.41, 5.74) is 21.5. The first-order valence-corrected chi connectivity index (χ1v) is 22.1. The number of aryl methyl sites for hydroxylation is 1. The van der Waals surface area contributed by atoms with Gasteiger partial charge in [0.05, 0.1) is 11.0 Å². The monoisotopic (exact) mass is 818 g/mol. The van der Waals surface area contributed by atoms with Gasteiger partial charge >= 0.3 is 0 Å². The lowest BCUT2D eigenvalue weighted by Gasteiger charge is -2.26. The number of para-hydroxylation sites is 1. The van der Waals surface area contributed by atoms with Gasteiger partial charge < -0.3 is 9.47 Å². The van der Waals surface area contributed by atoms with E-state index in [0.717, 1.165) is 22.7 Å². The Morgan fingerprint density at radius 1 is 0.328 bits per heavy atom. The molecule has 0 aliphatic heterocycles. The van der Waals surface area contributed by atoms with Crippen LogP contribution in [0.3, 0.4) is 0 Å². The number of anilines is 3. The molecular weight excluding hydrogens is 773 g/mol. The molecule has 11 aromatic rings. The summed E-state index contributed by atoms with van der Waals surface area (Å²) in [6, 6.07) is 88.0. The Balaban J connectivity index is 1.07. The number of nitrogens with zero attached hydrogens (tertiary/aromatic N) is 2.